The summed E-state index contributed by atoms with van der Waals surface area (Å²) in [4.78, 5) is 2.41. The van der Waals surface area contributed by atoms with Crippen molar-refractivity contribution in [2.45, 2.75) is 31.8 Å². The summed E-state index contributed by atoms with van der Waals surface area (Å²) in [6.45, 7) is 3.76. The fourth-order valence-electron chi connectivity index (χ4n) is 3.55. The van der Waals surface area contributed by atoms with Crippen LogP contribution in [0.4, 0.5) is 0 Å². The molecule has 118 valence electrons. The van der Waals surface area contributed by atoms with Crippen LogP contribution in [0.3, 0.4) is 0 Å². The van der Waals surface area contributed by atoms with Crippen LogP contribution in [0.2, 0.25) is 0 Å². The molecule has 1 spiro atoms. The average molecular weight is 329 g/mol. The number of rotatable bonds is 6. The molecule has 1 aliphatic carbocycles. The van der Waals surface area contributed by atoms with E-state index in [0.29, 0.717) is 18.0 Å². The first-order valence-corrected chi connectivity index (χ1v) is 10.6. The molecule has 1 saturated heterocycles. The first-order valence-electron chi connectivity index (χ1n) is 7.62. The van der Waals surface area contributed by atoms with Crippen molar-refractivity contribution in [2.24, 2.45) is 5.41 Å². The molecule has 1 saturated carbocycles. The van der Waals surface area contributed by atoms with Gasteiger partial charge in [0.2, 0.25) is 0 Å². The summed E-state index contributed by atoms with van der Waals surface area (Å²) in [6.07, 6.45) is 5.04. The zero-order valence-electron chi connectivity index (χ0n) is 12.5. The quantitative estimate of drug-likeness (QED) is 0.864. The molecule has 0 aromatic carbocycles. The summed E-state index contributed by atoms with van der Waals surface area (Å²) < 4.78 is 23.0. The van der Waals surface area contributed by atoms with Gasteiger partial charge in [-0.1, -0.05) is 0 Å². The third-order valence-corrected chi connectivity index (χ3v) is 6.56. The van der Waals surface area contributed by atoms with Gasteiger partial charge in [-0.15, -0.1) is 0 Å². The van der Waals surface area contributed by atoms with Gasteiger partial charge in [-0.25, -0.2) is 8.42 Å². The third kappa shape index (κ3) is 3.86. The lowest BCUT2D eigenvalue weighted by atomic mass is 9.93. The second-order valence-corrected chi connectivity index (χ2v) is 9.60. The fourth-order valence-corrected chi connectivity index (χ4v) is 4.78. The van der Waals surface area contributed by atoms with Crippen LogP contribution in [-0.4, -0.2) is 51.0 Å². The van der Waals surface area contributed by atoms with Gasteiger partial charge in [0.25, 0.3) is 0 Å². The molecule has 21 heavy (non-hydrogen) atoms. The average Bonchev–Trinajstić information content (AvgIpc) is 2.87. The number of nitrogens with zero attached hydrogens (tertiary/aromatic N) is 1. The molecule has 1 aromatic rings. The van der Waals surface area contributed by atoms with Gasteiger partial charge in [0.05, 0.1) is 5.75 Å². The van der Waals surface area contributed by atoms with E-state index in [1.807, 2.05) is 0 Å². The number of sulfone groups is 1. The van der Waals surface area contributed by atoms with Crippen molar-refractivity contribution in [1.82, 2.24) is 10.2 Å². The standard InChI is InChI=1S/C15H24N2O2S2/c1-21(18,19)9-7-17(11-13-2-8-20-12-13)14-10-15(14)3-5-16-6-4-15/h2,8,12,14,16H,3-7,9-11H2,1H3. The molecular formula is C15H24N2O2S2. The number of piperidine rings is 1. The molecule has 1 atom stereocenters. The maximum absolute atomic E-state index is 11.5. The van der Waals surface area contributed by atoms with Gasteiger partial charge in [0.1, 0.15) is 9.84 Å². The molecule has 1 N–H and O–H groups in total. The van der Waals surface area contributed by atoms with E-state index in [0.717, 1.165) is 19.6 Å². The van der Waals surface area contributed by atoms with Gasteiger partial charge >= 0.3 is 0 Å². The van der Waals surface area contributed by atoms with Crippen LogP contribution in [0.1, 0.15) is 24.8 Å². The summed E-state index contributed by atoms with van der Waals surface area (Å²) in [5.41, 5.74) is 1.77. The first kappa shape index (κ1) is 15.5. The molecular weight excluding hydrogens is 304 g/mol. The van der Waals surface area contributed by atoms with Gasteiger partial charge in [0, 0.05) is 25.4 Å². The lowest BCUT2D eigenvalue weighted by Gasteiger charge is -2.29. The predicted octanol–water partition coefficient (Wildman–Crippen LogP) is 1.74. The minimum atomic E-state index is -2.90. The normalized spacial score (nSPS) is 24.6. The molecule has 0 amide bonds. The van der Waals surface area contributed by atoms with E-state index in [1.54, 1.807) is 11.3 Å². The summed E-state index contributed by atoms with van der Waals surface area (Å²) in [6, 6.07) is 2.72. The van der Waals surface area contributed by atoms with Gasteiger partial charge in [0.15, 0.2) is 0 Å². The molecule has 3 rings (SSSR count). The van der Waals surface area contributed by atoms with E-state index >= 15 is 0 Å². The lowest BCUT2D eigenvalue weighted by Crippen LogP contribution is -2.37. The highest BCUT2D eigenvalue weighted by Crippen LogP contribution is 2.55. The molecule has 1 unspecified atom stereocenters. The van der Waals surface area contributed by atoms with E-state index in [1.165, 1.54) is 31.1 Å². The van der Waals surface area contributed by atoms with E-state index in [4.69, 9.17) is 0 Å². The van der Waals surface area contributed by atoms with Crippen molar-refractivity contribution in [3.8, 4) is 0 Å². The Kier molecular flexibility index (Phi) is 4.41. The van der Waals surface area contributed by atoms with Gasteiger partial charge in [-0.2, -0.15) is 11.3 Å². The zero-order chi connectivity index (χ0) is 14.9. The number of hydrogen-bond acceptors (Lipinski definition) is 5. The van der Waals surface area contributed by atoms with Crippen LogP contribution in [-0.2, 0) is 16.4 Å². The molecule has 1 aromatic heterocycles. The van der Waals surface area contributed by atoms with Gasteiger partial charge in [-0.05, 0) is 60.2 Å². The summed E-state index contributed by atoms with van der Waals surface area (Å²) in [5, 5.41) is 7.69. The molecule has 2 fully saturated rings. The maximum atomic E-state index is 11.5. The van der Waals surface area contributed by atoms with Crippen LogP contribution in [0.25, 0.3) is 0 Å². The Bertz CT molecular complexity index is 563. The maximum Gasteiger partial charge on any atom is 0.148 e. The second kappa shape index (κ2) is 5.99. The SMILES string of the molecule is CS(=O)(=O)CCN(Cc1ccsc1)C1CC12CCNCC2. The molecule has 4 nitrogen and oxygen atoms in total. The van der Waals surface area contributed by atoms with E-state index in [-0.39, 0.29) is 5.75 Å². The van der Waals surface area contributed by atoms with E-state index in [9.17, 15) is 8.42 Å². The van der Waals surface area contributed by atoms with Crippen molar-refractivity contribution >= 4 is 21.2 Å². The van der Waals surface area contributed by atoms with Crippen LogP contribution in [0.15, 0.2) is 16.8 Å². The highest BCUT2D eigenvalue weighted by molar-refractivity contribution is 7.90. The Morgan fingerprint density at radius 2 is 2.19 bits per heavy atom. The number of nitrogens with one attached hydrogen (secondary N) is 1. The molecule has 1 aliphatic heterocycles. The Morgan fingerprint density at radius 1 is 1.43 bits per heavy atom. The minimum absolute atomic E-state index is 0.266. The first-order chi connectivity index (χ1) is 9.99. The van der Waals surface area contributed by atoms with Crippen LogP contribution in [0.5, 0.6) is 0 Å². The lowest BCUT2D eigenvalue weighted by molar-refractivity contribution is 0.205. The van der Waals surface area contributed by atoms with E-state index in [2.05, 4.69) is 27.0 Å². The molecule has 0 radical (unpaired) electrons. The topological polar surface area (TPSA) is 49.4 Å². The Morgan fingerprint density at radius 3 is 2.81 bits per heavy atom. The highest BCUT2D eigenvalue weighted by atomic mass is 32.2. The molecule has 2 aliphatic rings. The van der Waals surface area contributed by atoms with E-state index < -0.39 is 9.84 Å². The molecule has 2 heterocycles. The molecule has 6 heteroatoms. The molecule has 0 bridgehead atoms. The minimum Gasteiger partial charge on any atom is -0.317 e. The van der Waals surface area contributed by atoms with Crippen LogP contribution < -0.4 is 5.32 Å². The number of thiophene rings is 1. The predicted molar refractivity (Wildman–Crippen MR) is 87.4 cm³/mol. The zero-order valence-corrected chi connectivity index (χ0v) is 14.2. The summed E-state index contributed by atoms with van der Waals surface area (Å²) >= 11 is 1.71. The van der Waals surface area contributed by atoms with Crippen molar-refractivity contribution in [3.05, 3.63) is 22.4 Å². The van der Waals surface area contributed by atoms with Gasteiger partial charge in [-0.3, -0.25) is 4.90 Å². The van der Waals surface area contributed by atoms with Crippen molar-refractivity contribution < 1.29 is 8.42 Å². The Labute approximate surface area is 131 Å². The second-order valence-electron chi connectivity index (χ2n) is 6.56. The third-order valence-electron chi connectivity index (χ3n) is 4.90. The van der Waals surface area contributed by atoms with Crippen LogP contribution >= 0.6 is 11.3 Å². The van der Waals surface area contributed by atoms with Gasteiger partial charge < -0.3 is 5.32 Å². The monoisotopic (exact) mass is 328 g/mol. The summed E-state index contributed by atoms with van der Waals surface area (Å²) in [5.74, 6) is 0.266. The highest BCUT2D eigenvalue weighted by Gasteiger charge is 2.56. The largest absolute Gasteiger partial charge is 0.317 e. The Hall–Kier alpha value is -0.430. The van der Waals surface area contributed by atoms with Crippen molar-refractivity contribution in [2.75, 3.05) is 31.6 Å². The summed E-state index contributed by atoms with van der Waals surface area (Å²) in [7, 11) is -2.90. The fraction of sp³-hybridized carbons (Fsp3) is 0.733. The van der Waals surface area contributed by atoms with Crippen molar-refractivity contribution in [3.63, 3.8) is 0 Å². The van der Waals surface area contributed by atoms with Crippen molar-refractivity contribution in [1.29, 1.82) is 0 Å². The van der Waals surface area contributed by atoms with Crippen LogP contribution in [0, 0.1) is 5.41 Å². The smallest absolute Gasteiger partial charge is 0.148 e. The Balaban J connectivity index is 1.67. The number of hydrogen-bond donors (Lipinski definition) is 1.